The zero-order valence-electron chi connectivity index (χ0n) is 20.7. The molecule has 0 bridgehead atoms. The van der Waals surface area contributed by atoms with E-state index < -0.39 is 5.91 Å². The van der Waals surface area contributed by atoms with Gasteiger partial charge < -0.3 is 9.47 Å². The van der Waals surface area contributed by atoms with E-state index in [1.165, 1.54) is 38.5 Å². The van der Waals surface area contributed by atoms with Gasteiger partial charge in [0, 0.05) is 31.8 Å². The van der Waals surface area contributed by atoms with Gasteiger partial charge in [-0.15, -0.1) is 0 Å². The molecule has 0 saturated heterocycles. The quantitative estimate of drug-likeness (QED) is 0.199. The van der Waals surface area contributed by atoms with Gasteiger partial charge in [0.25, 0.3) is 0 Å². The fraction of sp³-hybridized carbons (Fsp3) is 1.00. The van der Waals surface area contributed by atoms with Crippen molar-refractivity contribution in [3.8, 4) is 0 Å². The van der Waals surface area contributed by atoms with E-state index in [0.29, 0.717) is 25.3 Å². The first-order valence-corrected chi connectivity index (χ1v) is 12.2. The van der Waals surface area contributed by atoms with E-state index in [2.05, 4.69) is 72.1 Å². The third-order valence-electron chi connectivity index (χ3n) is 5.75. The Morgan fingerprint density at radius 2 is 1.21 bits per heavy atom. The zero-order valence-corrected chi connectivity index (χ0v) is 20.7. The summed E-state index contributed by atoms with van der Waals surface area (Å²) in [5.41, 5.74) is 0. The number of rotatable bonds is 18. The van der Waals surface area contributed by atoms with Crippen LogP contribution in [0.4, 0.5) is 0 Å². The number of hydrogen-bond donors (Lipinski definition) is 0. The summed E-state index contributed by atoms with van der Waals surface area (Å²) in [6, 6.07) is 1.05. The summed E-state index contributed by atoms with van der Waals surface area (Å²) in [6.07, 6.45) is 9.00. The van der Waals surface area contributed by atoms with Crippen molar-refractivity contribution < 1.29 is 9.47 Å². The number of likely N-dealkylation sites (N-methyl/N-ethyl adjacent to an activating group) is 2. The lowest BCUT2D eigenvalue weighted by Gasteiger charge is -2.52. The molecular weight excluding hydrogens is 348 g/mol. The highest BCUT2D eigenvalue weighted by atomic mass is 16.7. The number of hydrogen-bond acceptors (Lipinski definition) is 4. The molecule has 0 aromatic carbocycles. The van der Waals surface area contributed by atoms with E-state index in [1.807, 2.05) is 0 Å². The molecule has 0 heterocycles. The van der Waals surface area contributed by atoms with Gasteiger partial charge in [0.15, 0.2) is 0 Å². The third-order valence-corrected chi connectivity index (χ3v) is 5.75. The Hall–Kier alpha value is -0.160. The van der Waals surface area contributed by atoms with Crippen LogP contribution in [0.2, 0.25) is 0 Å². The van der Waals surface area contributed by atoms with Gasteiger partial charge in [0.1, 0.15) is 0 Å². The van der Waals surface area contributed by atoms with Crippen molar-refractivity contribution in [2.45, 2.75) is 131 Å². The molecule has 0 aliphatic rings. The van der Waals surface area contributed by atoms with E-state index in [4.69, 9.17) is 9.47 Å². The maximum Gasteiger partial charge on any atom is 0.246 e. The molecule has 1 unspecified atom stereocenters. The minimum Gasteiger partial charge on any atom is -0.336 e. The van der Waals surface area contributed by atoms with Crippen LogP contribution in [0.1, 0.15) is 107 Å². The molecule has 0 amide bonds. The average Bonchev–Trinajstić information content (AvgIpc) is 2.63. The molecule has 0 aliphatic heterocycles. The summed E-state index contributed by atoms with van der Waals surface area (Å²) in [5.74, 6) is -0.684. The summed E-state index contributed by atoms with van der Waals surface area (Å²) in [5, 5.41) is 0. The van der Waals surface area contributed by atoms with Gasteiger partial charge in [-0.1, -0.05) is 59.3 Å². The molecule has 1 atom stereocenters. The monoisotopic (exact) mass is 400 g/mol. The van der Waals surface area contributed by atoms with Gasteiger partial charge in [0.05, 0.1) is 6.04 Å². The lowest BCUT2D eigenvalue weighted by atomic mass is 9.98. The summed E-state index contributed by atoms with van der Waals surface area (Å²) < 4.78 is 13.1. The SMILES string of the molecule is CCCCCCCCC(N(CC)C(C)C)C(OCC)(OCC)N(CC)C(C)C. The Morgan fingerprint density at radius 1 is 0.679 bits per heavy atom. The van der Waals surface area contributed by atoms with Crippen LogP contribution in [0.25, 0.3) is 0 Å². The zero-order chi connectivity index (χ0) is 21.6. The topological polar surface area (TPSA) is 24.9 Å². The molecule has 0 radical (unpaired) electrons. The third kappa shape index (κ3) is 8.30. The lowest BCUT2D eigenvalue weighted by Crippen LogP contribution is -2.67. The van der Waals surface area contributed by atoms with Crippen LogP contribution in [0, 0.1) is 0 Å². The predicted molar refractivity (Wildman–Crippen MR) is 123 cm³/mol. The smallest absolute Gasteiger partial charge is 0.246 e. The van der Waals surface area contributed by atoms with Crippen LogP contribution in [-0.4, -0.2) is 60.1 Å². The molecular formula is C24H52N2O2. The number of unbranched alkanes of at least 4 members (excludes halogenated alkanes) is 5. The predicted octanol–water partition coefficient (Wildman–Crippen LogP) is 6.29. The Morgan fingerprint density at radius 3 is 1.61 bits per heavy atom. The second kappa shape index (κ2) is 15.6. The summed E-state index contributed by atoms with van der Waals surface area (Å²) in [7, 11) is 0. The van der Waals surface area contributed by atoms with Crippen molar-refractivity contribution in [3.63, 3.8) is 0 Å². The highest BCUT2D eigenvalue weighted by Gasteiger charge is 2.49. The van der Waals surface area contributed by atoms with E-state index >= 15 is 0 Å². The van der Waals surface area contributed by atoms with Crippen molar-refractivity contribution in [1.82, 2.24) is 9.80 Å². The first-order chi connectivity index (χ1) is 13.4. The largest absolute Gasteiger partial charge is 0.336 e. The van der Waals surface area contributed by atoms with Crippen molar-refractivity contribution in [2.75, 3.05) is 26.3 Å². The lowest BCUT2D eigenvalue weighted by molar-refractivity contribution is -0.350. The molecule has 0 aliphatic carbocycles. The van der Waals surface area contributed by atoms with Crippen LogP contribution in [0.3, 0.4) is 0 Å². The van der Waals surface area contributed by atoms with E-state index in [0.717, 1.165) is 19.5 Å². The van der Waals surface area contributed by atoms with E-state index in [-0.39, 0.29) is 6.04 Å². The molecule has 4 heteroatoms. The molecule has 0 saturated carbocycles. The molecule has 170 valence electrons. The molecule has 28 heavy (non-hydrogen) atoms. The molecule has 0 aromatic rings. The van der Waals surface area contributed by atoms with Gasteiger partial charge in [0.2, 0.25) is 5.91 Å². The first kappa shape index (κ1) is 27.8. The van der Waals surface area contributed by atoms with Crippen LogP contribution in [-0.2, 0) is 9.47 Å². The second-order valence-corrected chi connectivity index (χ2v) is 8.37. The fourth-order valence-electron chi connectivity index (χ4n) is 4.57. The van der Waals surface area contributed by atoms with Crippen molar-refractivity contribution >= 4 is 0 Å². The standard InChI is InChI=1S/C24H52N2O2/c1-10-15-16-17-18-19-20-23(25(11-2)21(6)7)24(27-13-4,28-14-5)26(12-3)22(8)9/h21-23H,10-20H2,1-9H3. The van der Waals surface area contributed by atoms with Gasteiger partial charge in [-0.2, -0.15) is 0 Å². The van der Waals surface area contributed by atoms with Crippen molar-refractivity contribution in [1.29, 1.82) is 0 Å². The molecule has 0 spiro atoms. The summed E-state index contributed by atoms with van der Waals surface area (Å²) in [4.78, 5) is 5.01. The summed E-state index contributed by atoms with van der Waals surface area (Å²) >= 11 is 0. The minimum atomic E-state index is -0.684. The Labute approximate surface area is 177 Å². The van der Waals surface area contributed by atoms with Gasteiger partial charge in [-0.05, 0) is 54.5 Å². The van der Waals surface area contributed by atoms with Crippen molar-refractivity contribution in [3.05, 3.63) is 0 Å². The van der Waals surface area contributed by atoms with Crippen LogP contribution in [0.5, 0.6) is 0 Å². The Balaban J connectivity index is 5.77. The van der Waals surface area contributed by atoms with Gasteiger partial charge in [-0.25, -0.2) is 4.90 Å². The van der Waals surface area contributed by atoms with Gasteiger partial charge >= 0.3 is 0 Å². The Bertz CT molecular complexity index is 355. The van der Waals surface area contributed by atoms with Crippen LogP contribution in [0.15, 0.2) is 0 Å². The Kier molecular flexibility index (Phi) is 15.6. The maximum atomic E-state index is 6.54. The normalized spacial score (nSPS) is 14.0. The highest BCUT2D eigenvalue weighted by Crippen LogP contribution is 2.33. The van der Waals surface area contributed by atoms with E-state index in [1.54, 1.807) is 0 Å². The molecule has 0 N–H and O–H groups in total. The number of ether oxygens (including phenoxy) is 2. The van der Waals surface area contributed by atoms with E-state index in [9.17, 15) is 0 Å². The molecule has 0 fully saturated rings. The molecule has 0 rings (SSSR count). The minimum absolute atomic E-state index is 0.228. The fourth-order valence-corrected chi connectivity index (χ4v) is 4.57. The van der Waals surface area contributed by atoms with Crippen LogP contribution >= 0.6 is 0 Å². The van der Waals surface area contributed by atoms with Gasteiger partial charge in [-0.3, -0.25) is 4.90 Å². The maximum absolute atomic E-state index is 6.54. The second-order valence-electron chi connectivity index (χ2n) is 8.37. The first-order valence-electron chi connectivity index (χ1n) is 12.2. The average molecular weight is 401 g/mol. The molecule has 4 nitrogen and oxygen atoms in total. The summed E-state index contributed by atoms with van der Waals surface area (Å²) in [6.45, 7) is 23.3. The molecule has 0 aromatic heterocycles. The number of nitrogens with zero attached hydrogens (tertiary/aromatic N) is 2. The highest BCUT2D eigenvalue weighted by molar-refractivity contribution is 4.91. The van der Waals surface area contributed by atoms with Crippen molar-refractivity contribution in [2.24, 2.45) is 0 Å². The van der Waals surface area contributed by atoms with Crippen LogP contribution < -0.4 is 0 Å².